The molecule has 1 amide bonds. The molecule has 4 rings (SSSR count). The summed E-state index contributed by atoms with van der Waals surface area (Å²) in [4.78, 5) is 52.3. The number of nitrogens with zero attached hydrogens (tertiary/aromatic N) is 2. The second-order valence-electron chi connectivity index (χ2n) is 12.7. The Labute approximate surface area is 317 Å². The van der Waals surface area contributed by atoms with E-state index in [1.165, 1.54) is 24.3 Å². The first-order chi connectivity index (χ1) is 26.3. The predicted octanol–water partition coefficient (Wildman–Crippen LogP) is 7.04. The summed E-state index contributed by atoms with van der Waals surface area (Å²) in [6, 6.07) is 24.5. The number of aromatic nitrogens is 1. The maximum absolute atomic E-state index is 14.2. The van der Waals surface area contributed by atoms with Crippen LogP contribution in [0.25, 0.3) is 22.4 Å². The second-order valence-corrected chi connectivity index (χ2v) is 12.7. The fourth-order valence-electron chi connectivity index (χ4n) is 5.96. The van der Waals surface area contributed by atoms with Crippen LogP contribution in [0.5, 0.6) is 0 Å². The summed E-state index contributed by atoms with van der Waals surface area (Å²) in [5.74, 6) is -1.65. The van der Waals surface area contributed by atoms with E-state index in [0.29, 0.717) is 33.8 Å². The minimum absolute atomic E-state index is 0.142. The summed E-state index contributed by atoms with van der Waals surface area (Å²) in [7, 11) is 0. The number of hydrogen-bond donors (Lipinski definition) is 3. The number of aliphatic hydroxyl groups excluding tert-OH is 2. The van der Waals surface area contributed by atoms with E-state index in [-0.39, 0.29) is 44.4 Å². The van der Waals surface area contributed by atoms with Crippen LogP contribution in [-0.4, -0.2) is 69.6 Å². The number of aliphatic hydroxyl groups is 2. The van der Waals surface area contributed by atoms with Crippen LogP contribution in [0.4, 0.5) is 14.9 Å². The Bertz CT molecular complexity index is 1920. The van der Waals surface area contributed by atoms with Gasteiger partial charge in [-0.2, -0.15) is 0 Å². The largest absolute Gasteiger partial charge is 0.510 e. The van der Waals surface area contributed by atoms with Gasteiger partial charge in [0.15, 0.2) is 0 Å². The normalized spacial score (nSPS) is 12.9. The van der Waals surface area contributed by atoms with Gasteiger partial charge in [0.1, 0.15) is 19.0 Å². The molecule has 15 heteroatoms. The summed E-state index contributed by atoms with van der Waals surface area (Å²) in [5.41, 5.74) is 4.51. The van der Waals surface area contributed by atoms with Gasteiger partial charge in [-0.25, -0.2) is 9.18 Å². The molecule has 0 aliphatic carbocycles. The SMILES string of the molecule is CC(OC(=O)OCC=CCOC(=O)C[C@H](O)C[C@H](O)CCn1c(-c2ccc(F)cc2)c(-c2ccccc2)c(C(=O)Nc2ccccc2)c1C(C)C)O[N+](=O)[O-]. The van der Waals surface area contributed by atoms with Crippen LogP contribution in [0.3, 0.4) is 0 Å². The minimum atomic E-state index is -1.46. The van der Waals surface area contributed by atoms with Crippen molar-refractivity contribution in [2.45, 2.75) is 71.0 Å². The first kappa shape index (κ1) is 41.7. The van der Waals surface area contributed by atoms with Gasteiger partial charge in [0.05, 0.1) is 29.9 Å². The van der Waals surface area contributed by atoms with E-state index in [9.17, 15) is 39.1 Å². The Hall–Kier alpha value is -6.06. The van der Waals surface area contributed by atoms with Crippen molar-refractivity contribution < 1.29 is 53.1 Å². The molecule has 3 atom stereocenters. The molecule has 55 heavy (non-hydrogen) atoms. The van der Waals surface area contributed by atoms with Crippen molar-refractivity contribution in [1.29, 1.82) is 0 Å². The highest BCUT2D eigenvalue weighted by molar-refractivity contribution is 6.12. The van der Waals surface area contributed by atoms with E-state index in [4.69, 9.17) is 9.47 Å². The predicted molar refractivity (Wildman–Crippen MR) is 200 cm³/mol. The topological polar surface area (TPSA) is 189 Å². The molecule has 0 saturated carbocycles. The van der Waals surface area contributed by atoms with Gasteiger partial charge in [0, 0.05) is 23.5 Å². The average molecular weight is 762 g/mol. The fourth-order valence-corrected chi connectivity index (χ4v) is 5.96. The minimum Gasteiger partial charge on any atom is -0.461 e. The number of amides is 1. The molecule has 4 aromatic rings. The van der Waals surface area contributed by atoms with Crippen molar-refractivity contribution >= 4 is 23.7 Å². The smallest absolute Gasteiger partial charge is 0.461 e. The van der Waals surface area contributed by atoms with E-state index >= 15 is 0 Å². The lowest BCUT2D eigenvalue weighted by molar-refractivity contribution is -0.777. The van der Waals surface area contributed by atoms with Gasteiger partial charge < -0.3 is 34.3 Å². The first-order valence-electron chi connectivity index (χ1n) is 17.6. The van der Waals surface area contributed by atoms with Crippen LogP contribution >= 0.6 is 0 Å². The Morgan fingerprint density at radius 2 is 1.49 bits per heavy atom. The molecule has 292 valence electrons. The summed E-state index contributed by atoms with van der Waals surface area (Å²) >= 11 is 0. The zero-order valence-electron chi connectivity index (χ0n) is 30.6. The number of benzene rings is 3. The number of carbonyl (C=O) groups excluding carboxylic acids is 3. The molecule has 0 fully saturated rings. The number of carbonyl (C=O) groups is 3. The van der Waals surface area contributed by atoms with Crippen LogP contribution in [0.1, 0.15) is 62.0 Å². The van der Waals surface area contributed by atoms with Crippen LogP contribution in [0.2, 0.25) is 0 Å². The van der Waals surface area contributed by atoms with Crippen LogP contribution in [0, 0.1) is 15.9 Å². The summed E-state index contributed by atoms with van der Waals surface area (Å²) in [5, 5.41) is 33.9. The van der Waals surface area contributed by atoms with Crippen molar-refractivity contribution in [3.63, 3.8) is 0 Å². The van der Waals surface area contributed by atoms with Crippen molar-refractivity contribution in [1.82, 2.24) is 4.57 Å². The molecule has 0 saturated heterocycles. The average Bonchev–Trinajstić information content (AvgIpc) is 3.48. The molecule has 0 aliphatic heterocycles. The highest BCUT2D eigenvalue weighted by Gasteiger charge is 2.31. The molecule has 0 aliphatic rings. The van der Waals surface area contributed by atoms with Gasteiger partial charge in [0.25, 0.3) is 11.0 Å². The summed E-state index contributed by atoms with van der Waals surface area (Å²) in [6.07, 6.45) is -2.61. The van der Waals surface area contributed by atoms with Crippen molar-refractivity contribution in [3.05, 3.63) is 124 Å². The van der Waals surface area contributed by atoms with Gasteiger partial charge in [-0.1, -0.05) is 62.4 Å². The fraction of sp³-hybridized carbons (Fsp3) is 0.325. The number of ether oxygens (including phenoxy) is 3. The Balaban J connectivity index is 1.46. The van der Waals surface area contributed by atoms with E-state index in [0.717, 1.165) is 12.5 Å². The molecule has 3 N–H and O–H groups in total. The third-order valence-corrected chi connectivity index (χ3v) is 8.22. The number of para-hydroxylation sites is 1. The van der Waals surface area contributed by atoms with Gasteiger partial charge in [-0.15, -0.1) is 10.1 Å². The maximum Gasteiger partial charge on any atom is 0.510 e. The first-order valence-corrected chi connectivity index (χ1v) is 17.6. The Kier molecular flexibility index (Phi) is 15.5. The number of hydrogen-bond acceptors (Lipinski definition) is 11. The Morgan fingerprint density at radius 3 is 2.11 bits per heavy atom. The lowest BCUT2D eigenvalue weighted by atomic mass is 9.94. The molecule has 1 aromatic heterocycles. The van der Waals surface area contributed by atoms with Gasteiger partial charge in [-0.05, 0) is 85.4 Å². The van der Waals surface area contributed by atoms with E-state index in [1.807, 2.05) is 66.9 Å². The highest BCUT2D eigenvalue weighted by Crippen LogP contribution is 2.42. The lowest BCUT2D eigenvalue weighted by Gasteiger charge is -2.20. The second kappa shape index (κ2) is 20.4. The van der Waals surface area contributed by atoms with Crippen molar-refractivity contribution in [2.24, 2.45) is 0 Å². The highest BCUT2D eigenvalue weighted by atomic mass is 19.1. The molecule has 3 aromatic carbocycles. The molecule has 1 unspecified atom stereocenters. The molecule has 0 radical (unpaired) electrons. The molecule has 0 spiro atoms. The molecular formula is C40H44FN3O11. The number of halogens is 1. The number of anilines is 1. The molecular weight excluding hydrogens is 717 g/mol. The summed E-state index contributed by atoms with van der Waals surface area (Å²) in [6.45, 7) is 4.82. The maximum atomic E-state index is 14.2. The number of rotatable bonds is 19. The monoisotopic (exact) mass is 761 g/mol. The quantitative estimate of drug-likeness (QED) is 0.0292. The van der Waals surface area contributed by atoms with E-state index < -0.39 is 47.9 Å². The molecule has 0 bridgehead atoms. The van der Waals surface area contributed by atoms with Gasteiger partial charge in [0.2, 0.25) is 6.29 Å². The third kappa shape index (κ3) is 12.5. The third-order valence-electron chi connectivity index (χ3n) is 8.22. The Morgan fingerprint density at radius 1 is 0.873 bits per heavy atom. The van der Waals surface area contributed by atoms with Crippen LogP contribution in [0.15, 0.2) is 97.1 Å². The van der Waals surface area contributed by atoms with Crippen LogP contribution < -0.4 is 5.32 Å². The van der Waals surface area contributed by atoms with E-state index in [1.54, 1.807) is 24.3 Å². The summed E-state index contributed by atoms with van der Waals surface area (Å²) < 4.78 is 30.4. The van der Waals surface area contributed by atoms with Crippen molar-refractivity contribution in [2.75, 3.05) is 18.5 Å². The zero-order valence-corrected chi connectivity index (χ0v) is 30.6. The van der Waals surface area contributed by atoms with Gasteiger partial charge >= 0.3 is 12.1 Å². The van der Waals surface area contributed by atoms with Crippen LogP contribution in [-0.2, 0) is 30.4 Å². The van der Waals surface area contributed by atoms with E-state index in [2.05, 4.69) is 14.9 Å². The lowest BCUT2D eigenvalue weighted by Crippen LogP contribution is -2.23. The molecule has 14 nitrogen and oxygen atoms in total. The standard InChI is InChI=1S/C40H44FN3O11/c1-26(2)37-36(39(48)42-31-14-8-5-9-15-31)35(28-12-6-4-7-13-28)38(29-16-18-30(41)19-17-29)43(37)21-20-32(45)24-33(46)25-34(47)52-22-10-11-23-53-40(49)54-27(3)55-44(50)51/h4-19,26-27,32-33,45-46H,20-25H2,1-3H3,(H,42,48)/t27?,32-,33-/m1/s1. The molecule has 1 heterocycles. The number of esters is 1. The number of nitrogens with one attached hydrogen (secondary N) is 1. The zero-order chi connectivity index (χ0) is 39.9. The van der Waals surface area contributed by atoms with Crippen molar-refractivity contribution in [3.8, 4) is 22.4 Å². The van der Waals surface area contributed by atoms with Gasteiger partial charge in [-0.3, -0.25) is 14.4 Å².